The molecule has 0 heterocycles. The number of carboxylic acid groups (broad SMARTS) is 1. The Labute approximate surface area is 112 Å². The van der Waals surface area contributed by atoms with E-state index in [1.165, 1.54) is 12.5 Å². The number of carboxylic acids is 1. The van der Waals surface area contributed by atoms with Gasteiger partial charge in [-0.15, -0.1) is 0 Å². The van der Waals surface area contributed by atoms with E-state index >= 15 is 0 Å². The zero-order valence-electron chi connectivity index (χ0n) is 10.7. The van der Waals surface area contributed by atoms with Crippen LogP contribution in [0.25, 0.3) is 11.1 Å². The summed E-state index contributed by atoms with van der Waals surface area (Å²) in [6.45, 7) is 4.60. The molecule has 98 valence electrons. The molecule has 0 fully saturated rings. The zero-order chi connectivity index (χ0) is 14.3. The molecule has 0 spiro atoms. The Hall–Kier alpha value is -2.55. The number of phenols is 1. The Bertz CT molecular complexity index is 530. The quantitative estimate of drug-likeness (QED) is 0.805. The Morgan fingerprint density at radius 2 is 1.37 bits per heavy atom. The lowest BCUT2D eigenvalue weighted by Crippen LogP contribution is -1.92. The van der Waals surface area contributed by atoms with Crippen LogP contribution in [0.15, 0.2) is 66.7 Å². The Morgan fingerprint density at radius 3 is 1.79 bits per heavy atom. The van der Waals surface area contributed by atoms with Crippen LogP contribution in [0, 0.1) is 0 Å². The molecule has 2 N–H and O–H groups in total. The molecular weight excluding hydrogens is 240 g/mol. The number of aromatic hydroxyl groups is 1. The largest absolute Gasteiger partial charge is 0.508 e. The van der Waals surface area contributed by atoms with Crippen molar-refractivity contribution < 1.29 is 15.0 Å². The highest BCUT2D eigenvalue weighted by Gasteiger charge is 1.94. The van der Waals surface area contributed by atoms with Crippen molar-refractivity contribution >= 4 is 5.97 Å². The molecule has 0 aliphatic rings. The molecular formula is C16H16O3. The topological polar surface area (TPSA) is 57.5 Å². The van der Waals surface area contributed by atoms with E-state index in [4.69, 9.17) is 10.2 Å². The fourth-order valence-electron chi connectivity index (χ4n) is 1.28. The van der Waals surface area contributed by atoms with E-state index in [1.54, 1.807) is 12.1 Å². The van der Waals surface area contributed by atoms with Gasteiger partial charge in [0.05, 0.1) is 0 Å². The zero-order valence-corrected chi connectivity index (χ0v) is 10.7. The number of hydrogen-bond donors (Lipinski definition) is 2. The average Bonchev–Trinajstić information content (AvgIpc) is 2.41. The first-order valence-corrected chi connectivity index (χ1v) is 5.74. The van der Waals surface area contributed by atoms with Gasteiger partial charge in [0.1, 0.15) is 5.75 Å². The first-order chi connectivity index (χ1) is 9.00. The van der Waals surface area contributed by atoms with Crippen molar-refractivity contribution in [2.75, 3.05) is 0 Å². The predicted octanol–water partition coefficient (Wildman–Crippen LogP) is 3.71. The van der Waals surface area contributed by atoms with Gasteiger partial charge in [-0.1, -0.05) is 49.0 Å². The number of aliphatic carboxylic acids is 1. The molecule has 0 radical (unpaired) electrons. The summed E-state index contributed by atoms with van der Waals surface area (Å²) >= 11 is 0. The molecule has 0 aliphatic heterocycles. The van der Waals surface area contributed by atoms with Gasteiger partial charge >= 0.3 is 5.97 Å². The van der Waals surface area contributed by atoms with E-state index in [2.05, 4.69) is 6.58 Å². The molecule has 2 aromatic rings. The summed E-state index contributed by atoms with van der Waals surface area (Å²) in [5.41, 5.74) is 2.47. The molecule has 0 bridgehead atoms. The van der Waals surface area contributed by atoms with E-state index in [-0.39, 0.29) is 5.57 Å². The summed E-state index contributed by atoms with van der Waals surface area (Å²) in [6.07, 6.45) is 0. The van der Waals surface area contributed by atoms with Crippen molar-refractivity contribution in [1.29, 1.82) is 0 Å². The Kier molecular flexibility index (Phi) is 5.35. The Balaban J connectivity index is 0.000000258. The second kappa shape index (κ2) is 7.01. The van der Waals surface area contributed by atoms with E-state index in [9.17, 15) is 4.79 Å². The van der Waals surface area contributed by atoms with Gasteiger partial charge < -0.3 is 10.2 Å². The summed E-state index contributed by atoms with van der Waals surface area (Å²) < 4.78 is 0. The maximum atomic E-state index is 9.60. The number of benzene rings is 2. The smallest absolute Gasteiger partial charge is 0.330 e. The van der Waals surface area contributed by atoms with Gasteiger partial charge in [-0.3, -0.25) is 0 Å². The van der Waals surface area contributed by atoms with Gasteiger partial charge in [0, 0.05) is 5.57 Å². The first kappa shape index (κ1) is 14.5. The van der Waals surface area contributed by atoms with Crippen molar-refractivity contribution in [3.8, 4) is 16.9 Å². The third-order valence-corrected chi connectivity index (χ3v) is 2.34. The summed E-state index contributed by atoms with van der Waals surface area (Å²) in [4.78, 5) is 9.60. The molecule has 0 unspecified atom stereocenters. The van der Waals surface area contributed by atoms with Crippen molar-refractivity contribution in [3.63, 3.8) is 0 Å². The molecule has 2 rings (SSSR count). The monoisotopic (exact) mass is 256 g/mol. The fraction of sp³-hybridized carbons (Fsp3) is 0.0625. The van der Waals surface area contributed by atoms with Gasteiger partial charge in [-0.2, -0.15) is 0 Å². The number of phenolic OH excluding ortho intramolecular Hbond substituents is 1. The minimum absolute atomic E-state index is 0.176. The van der Waals surface area contributed by atoms with Crippen molar-refractivity contribution in [2.24, 2.45) is 0 Å². The molecule has 19 heavy (non-hydrogen) atoms. The second-order valence-corrected chi connectivity index (χ2v) is 4.00. The highest BCUT2D eigenvalue weighted by atomic mass is 16.4. The van der Waals surface area contributed by atoms with Crippen molar-refractivity contribution in [2.45, 2.75) is 6.92 Å². The second-order valence-electron chi connectivity index (χ2n) is 4.00. The maximum absolute atomic E-state index is 9.60. The molecule has 0 saturated heterocycles. The van der Waals surface area contributed by atoms with Crippen LogP contribution in [0.1, 0.15) is 6.92 Å². The highest BCUT2D eigenvalue weighted by Crippen LogP contribution is 2.20. The van der Waals surface area contributed by atoms with Crippen molar-refractivity contribution in [3.05, 3.63) is 66.7 Å². The SMILES string of the molecule is C=C(C)C(=O)O.Oc1ccc(-c2ccccc2)cc1. The third kappa shape index (κ3) is 5.08. The molecule has 0 aromatic heterocycles. The number of rotatable bonds is 2. The molecule has 3 heteroatoms. The molecule has 0 atom stereocenters. The van der Waals surface area contributed by atoms with Crippen LogP contribution in [0.2, 0.25) is 0 Å². The van der Waals surface area contributed by atoms with Crippen LogP contribution in [0.3, 0.4) is 0 Å². The third-order valence-electron chi connectivity index (χ3n) is 2.34. The minimum Gasteiger partial charge on any atom is -0.508 e. The minimum atomic E-state index is -0.935. The van der Waals surface area contributed by atoms with E-state index in [0.29, 0.717) is 5.75 Å². The van der Waals surface area contributed by atoms with Crippen LogP contribution in [-0.2, 0) is 4.79 Å². The molecule has 0 amide bonds. The first-order valence-electron chi connectivity index (χ1n) is 5.74. The predicted molar refractivity (Wildman–Crippen MR) is 76.0 cm³/mol. The molecule has 0 aliphatic carbocycles. The van der Waals surface area contributed by atoms with Crippen LogP contribution in [0.4, 0.5) is 0 Å². The lowest BCUT2D eigenvalue weighted by atomic mass is 10.1. The normalized spacial score (nSPS) is 9.11. The molecule has 3 nitrogen and oxygen atoms in total. The van der Waals surface area contributed by atoms with E-state index in [1.807, 2.05) is 42.5 Å². The van der Waals surface area contributed by atoms with Crippen LogP contribution in [0.5, 0.6) is 5.75 Å². The van der Waals surface area contributed by atoms with Crippen LogP contribution < -0.4 is 0 Å². The lowest BCUT2D eigenvalue weighted by Gasteiger charge is -2.00. The van der Waals surface area contributed by atoms with Crippen LogP contribution >= 0.6 is 0 Å². The lowest BCUT2D eigenvalue weighted by molar-refractivity contribution is -0.132. The summed E-state index contributed by atoms with van der Waals surface area (Å²) in [7, 11) is 0. The summed E-state index contributed by atoms with van der Waals surface area (Å²) in [6, 6.07) is 17.3. The van der Waals surface area contributed by atoms with Crippen molar-refractivity contribution in [1.82, 2.24) is 0 Å². The fourth-order valence-corrected chi connectivity index (χ4v) is 1.28. The van der Waals surface area contributed by atoms with Gasteiger partial charge in [-0.25, -0.2) is 4.79 Å². The van der Waals surface area contributed by atoms with Gasteiger partial charge in [0.15, 0.2) is 0 Å². The van der Waals surface area contributed by atoms with Gasteiger partial charge in [0.25, 0.3) is 0 Å². The molecule has 2 aromatic carbocycles. The number of hydrogen-bond acceptors (Lipinski definition) is 2. The van der Waals surface area contributed by atoms with Gasteiger partial charge in [-0.05, 0) is 30.2 Å². The Morgan fingerprint density at radius 1 is 0.947 bits per heavy atom. The maximum Gasteiger partial charge on any atom is 0.330 e. The van der Waals surface area contributed by atoms with Gasteiger partial charge in [0.2, 0.25) is 0 Å². The summed E-state index contributed by atoms with van der Waals surface area (Å²) in [5, 5.41) is 17.0. The highest BCUT2D eigenvalue weighted by molar-refractivity contribution is 5.84. The van der Waals surface area contributed by atoms with E-state index < -0.39 is 5.97 Å². The van der Waals surface area contributed by atoms with E-state index in [0.717, 1.165) is 5.56 Å². The number of carbonyl (C=O) groups is 1. The standard InChI is InChI=1S/C12H10O.C4H6O2/c13-12-8-6-11(7-9-12)10-4-2-1-3-5-10;1-3(2)4(5)6/h1-9,13H;1H2,2H3,(H,5,6). The average molecular weight is 256 g/mol. The molecule has 0 saturated carbocycles. The summed E-state index contributed by atoms with van der Waals surface area (Å²) in [5.74, 6) is -0.630. The van der Waals surface area contributed by atoms with Crippen LogP contribution in [-0.4, -0.2) is 16.2 Å².